The maximum absolute atomic E-state index is 13.3. The van der Waals surface area contributed by atoms with Crippen LogP contribution in [-0.4, -0.2) is 13.6 Å². The second-order valence-electron chi connectivity index (χ2n) is 6.00. The molecule has 0 bridgehead atoms. The summed E-state index contributed by atoms with van der Waals surface area (Å²) >= 11 is 0. The molecule has 3 atom stereocenters. The van der Waals surface area contributed by atoms with Crippen molar-refractivity contribution in [3.05, 3.63) is 35.6 Å². The van der Waals surface area contributed by atoms with Crippen LogP contribution in [0.5, 0.6) is 0 Å². The summed E-state index contributed by atoms with van der Waals surface area (Å²) in [6.07, 6.45) is 6.30. The van der Waals surface area contributed by atoms with Crippen molar-refractivity contribution in [1.82, 2.24) is 5.32 Å². The third-order valence-corrected chi connectivity index (χ3v) is 4.68. The molecule has 1 aliphatic carbocycles. The zero-order valence-corrected chi connectivity index (χ0v) is 12.2. The molecule has 2 heteroatoms. The molecule has 0 aromatic heterocycles. The Hall–Kier alpha value is -0.890. The minimum absolute atomic E-state index is 0.106. The van der Waals surface area contributed by atoms with Crippen LogP contribution in [0.25, 0.3) is 0 Å². The molecule has 3 unspecified atom stereocenters. The lowest BCUT2D eigenvalue weighted by Crippen LogP contribution is -2.33. The summed E-state index contributed by atoms with van der Waals surface area (Å²) in [5.41, 5.74) is 1.16. The third-order valence-electron chi connectivity index (χ3n) is 4.68. The van der Waals surface area contributed by atoms with Gasteiger partial charge in [-0.15, -0.1) is 0 Å². The summed E-state index contributed by atoms with van der Waals surface area (Å²) in [6, 6.07) is 7.13. The fraction of sp³-hybridized carbons (Fsp3) is 0.647. The van der Waals surface area contributed by atoms with Gasteiger partial charge in [-0.25, -0.2) is 4.39 Å². The summed E-state index contributed by atoms with van der Waals surface area (Å²) in [5.74, 6) is 2.21. The highest BCUT2D eigenvalue weighted by Crippen LogP contribution is 2.37. The minimum atomic E-state index is -0.106. The topological polar surface area (TPSA) is 12.0 Å². The molecular formula is C17H26FN. The van der Waals surface area contributed by atoms with Gasteiger partial charge >= 0.3 is 0 Å². The lowest BCUT2D eigenvalue weighted by molar-refractivity contribution is 0.173. The Labute approximate surface area is 116 Å². The van der Waals surface area contributed by atoms with Crippen LogP contribution in [-0.2, 0) is 6.42 Å². The second-order valence-corrected chi connectivity index (χ2v) is 6.00. The Morgan fingerprint density at radius 2 is 2.11 bits per heavy atom. The van der Waals surface area contributed by atoms with E-state index in [0.717, 1.165) is 30.4 Å². The average molecular weight is 263 g/mol. The van der Waals surface area contributed by atoms with E-state index in [1.807, 2.05) is 13.1 Å². The maximum Gasteiger partial charge on any atom is 0.123 e. The van der Waals surface area contributed by atoms with E-state index < -0.39 is 0 Å². The molecule has 106 valence electrons. The predicted molar refractivity (Wildman–Crippen MR) is 78.6 cm³/mol. The van der Waals surface area contributed by atoms with Gasteiger partial charge < -0.3 is 5.32 Å². The molecule has 19 heavy (non-hydrogen) atoms. The smallest absolute Gasteiger partial charge is 0.123 e. The van der Waals surface area contributed by atoms with Gasteiger partial charge in [-0.05, 0) is 68.3 Å². The molecule has 0 radical (unpaired) electrons. The molecule has 0 aliphatic heterocycles. The van der Waals surface area contributed by atoms with Crippen LogP contribution >= 0.6 is 0 Å². The molecule has 2 rings (SSSR count). The van der Waals surface area contributed by atoms with E-state index in [-0.39, 0.29) is 5.82 Å². The molecule has 1 nitrogen and oxygen atoms in total. The molecule has 1 N–H and O–H groups in total. The molecule has 0 spiro atoms. The summed E-state index contributed by atoms with van der Waals surface area (Å²) in [7, 11) is 2.03. The Balaban J connectivity index is 2.04. The lowest BCUT2D eigenvalue weighted by Gasteiger charge is -2.36. The molecular weight excluding hydrogens is 237 g/mol. The fourth-order valence-corrected chi connectivity index (χ4v) is 3.54. The molecule has 1 fully saturated rings. The van der Waals surface area contributed by atoms with Crippen LogP contribution < -0.4 is 5.32 Å². The zero-order valence-electron chi connectivity index (χ0n) is 12.2. The number of rotatable bonds is 5. The summed E-state index contributed by atoms with van der Waals surface area (Å²) in [4.78, 5) is 0. The standard InChI is InChI=1S/C17H26FN/c1-3-13-7-8-15(12-19-2)16(9-13)10-14-5-4-6-17(18)11-14/h4-6,11,13,15-16,19H,3,7-10,12H2,1-2H3. The van der Waals surface area contributed by atoms with Crippen LogP contribution in [0.1, 0.15) is 38.2 Å². The Morgan fingerprint density at radius 1 is 1.26 bits per heavy atom. The zero-order chi connectivity index (χ0) is 13.7. The van der Waals surface area contributed by atoms with Gasteiger partial charge in [-0.3, -0.25) is 0 Å². The predicted octanol–water partition coefficient (Wildman–Crippen LogP) is 4.03. The first-order valence-corrected chi connectivity index (χ1v) is 7.62. The van der Waals surface area contributed by atoms with Crippen molar-refractivity contribution >= 4 is 0 Å². The first-order chi connectivity index (χ1) is 9.22. The van der Waals surface area contributed by atoms with Crippen molar-refractivity contribution in [2.45, 2.75) is 39.0 Å². The second kappa shape index (κ2) is 7.04. The number of hydrogen-bond donors (Lipinski definition) is 1. The van der Waals surface area contributed by atoms with Crippen molar-refractivity contribution in [2.24, 2.45) is 17.8 Å². The van der Waals surface area contributed by atoms with Crippen molar-refractivity contribution in [2.75, 3.05) is 13.6 Å². The van der Waals surface area contributed by atoms with Gasteiger partial charge in [-0.2, -0.15) is 0 Å². The van der Waals surface area contributed by atoms with E-state index >= 15 is 0 Å². The average Bonchev–Trinajstić information content (AvgIpc) is 2.41. The fourth-order valence-electron chi connectivity index (χ4n) is 3.54. The van der Waals surface area contributed by atoms with Gasteiger partial charge in [0.1, 0.15) is 5.82 Å². The van der Waals surface area contributed by atoms with Gasteiger partial charge in [0, 0.05) is 0 Å². The molecule has 1 saturated carbocycles. The highest BCUT2D eigenvalue weighted by atomic mass is 19.1. The van der Waals surface area contributed by atoms with Gasteiger partial charge in [-0.1, -0.05) is 31.9 Å². The Morgan fingerprint density at radius 3 is 2.79 bits per heavy atom. The van der Waals surface area contributed by atoms with E-state index in [9.17, 15) is 4.39 Å². The highest BCUT2D eigenvalue weighted by Gasteiger charge is 2.29. The van der Waals surface area contributed by atoms with E-state index in [1.54, 1.807) is 6.07 Å². The third kappa shape index (κ3) is 4.04. The van der Waals surface area contributed by atoms with Crippen LogP contribution in [0.2, 0.25) is 0 Å². The van der Waals surface area contributed by atoms with Crippen LogP contribution in [0.15, 0.2) is 24.3 Å². The monoisotopic (exact) mass is 263 g/mol. The van der Waals surface area contributed by atoms with E-state index in [1.165, 1.54) is 31.7 Å². The van der Waals surface area contributed by atoms with Crippen molar-refractivity contribution in [3.8, 4) is 0 Å². The lowest BCUT2D eigenvalue weighted by atomic mass is 9.71. The van der Waals surface area contributed by atoms with Gasteiger partial charge in [0.05, 0.1) is 0 Å². The molecule has 0 amide bonds. The molecule has 0 saturated heterocycles. The van der Waals surface area contributed by atoms with Crippen LogP contribution in [0.4, 0.5) is 4.39 Å². The van der Waals surface area contributed by atoms with E-state index in [4.69, 9.17) is 0 Å². The van der Waals surface area contributed by atoms with Crippen LogP contribution in [0, 0.1) is 23.6 Å². The van der Waals surface area contributed by atoms with Gasteiger partial charge in [0.15, 0.2) is 0 Å². The largest absolute Gasteiger partial charge is 0.319 e. The van der Waals surface area contributed by atoms with Gasteiger partial charge in [0.25, 0.3) is 0 Å². The SMILES string of the molecule is CCC1CCC(CNC)C(Cc2cccc(F)c2)C1. The quantitative estimate of drug-likeness (QED) is 0.845. The van der Waals surface area contributed by atoms with Crippen molar-refractivity contribution < 1.29 is 4.39 Å². The molecule has 1 aromatic rings. The first-order valence-electron chi connectivity index (χ1n) is 7.62. The van der Waals surface area contributed by atoms with Crippen LogP contribution in [0.3, 0.4) is 0 Å². The van der Waals surface area contributed by atoms with E-state index in [0.29, 0.717) is 5.92 Å². The van der Waals surface area contributed by atoms with Crippen molar-refractivity contribution in [3.63, 3.8) is 0 Å². The number of benzene rings is 1. The number of nitrogens with one attached hydrogen (secondary N) is 1. The Bertz CT molecular complexity index is 391. The molecule has 0 heterocycles. The first kappa shape index (κ1) is 14.5. The molecule has 1 aromatic carbocycles. The highest BCUT2D eigenvalue weighted by molar-refractivity contribution is 5.17. The van der Waals surface area contributed by atoms with Crippen molar-refractivity contribution in [1.29, 1.82) is 0 Å². The number of halogens is 1. The summed E-state index contributed by atoms with van der Waals surface area (Å²) in [5, 5.41) is 3.32. The summed E-state index contributed by atoms with van der Waals surface area (Å²) in [6.45, 7) is 3.39. The summed E-state index contributed by atoms with van der Waals surface area (Å²) < 4.78 is 13.3. The maximum atomic E-state index is 13.3. The minimum Gasteiger partial charge on any atom is -0.319 e. The Kier molecular flexibility index (Phi) is 5.38. The van der Waals surface area contributed by atoms with Gasteiger partial charge in [0.2, 0.25) is 0 Å². The normalized spacial score (nSPS) is 27.4. The molecule has 1 aliphatic rings. The number of hydrogen-bond acceptors (Lipinski definition) is 1. The van der Waals surface area contributed by atoms with E-state index in [2.05, 4.69) is 18.3 Å².